The molecule has 0 aliphatic carbocycles. The van der Waals surface area contributed by atoms with Crippen molar-refractivity contribution in [2.24, 2.45) is 0 Å². The summed E-state index contributed by atoms with van der Waals surface area (Å²) in [5, 5.41) is 0. The van der Waals surface area contributed by atoms with E-state index in [1.165, 1.54) is 51.4 Å². The molecule has 0 spiro atoms. The second kappa shape index (κ2) is 13.0. The van der Waals surface area contributed by atoms with E-state index in [4.69, 9.17) is 4.74 Å². The van der Waals surface area contributed by atoms with E-state index in [9.17, 15) is 0 Å². The van der Waals surface area contributed by atoms with Gasteiger partial charge in [0.1, 0.15) is 0 Å². The van der Waals surface area contributed by atoms with Gasteiger partial charge in [-0.3, -0.25) is 0 Å². The van der Waals surface area contributed by atoms with E-state index < -0.39 is 0 Å². The Balaban J connectivity index is 2.78. The third-order valence-corrected chi connectivity index (χ3v) is 2.43. The van der Waals surface area contributed by atoms with Crippen LogP contribution in [0.2, 0.25) is 0 Å². The summed E-state index contributed by atoms with van der Waals surface area (Å²) in [5.41, 5.74) is 0. The topological polar surface area (TPSA) is 9.23 Å². The Bertz CT molecular complexity index is 79.2. The average molecular weight is 199 g/mol. The third kappa shape index (κ3) is 12.0. The standard InChI is InChI=1S/C13H27O/c1-3-5-6-7-8-9-10-11-13-14-12-4-2/h2-13H2,1H3. The van der Waals surface area contributed by atoms with Gasteiger partial charge in [-0.05, 0) is 12.8 Å². The van der Waals surface area contributed by atoms with Gasteiger partial charge in [-0.2, -0.15) is 0 Å². The van der Waals surface area contributed by atoms with Crippen molar-refractivity contribution < 1.29 is 4.74 Å². The van der Waals surface area contributed by atoms with E-state index in [0.717, 1.165) is 19.6 Å². The first-order valence-electron chi connectivity index (χ1n) is 6.28. The first-order valence-corrected chi connectivity index (χ1v) is 6.28. The van der Waals surface area contributed by atoms with Crippen molar-refractivity contribution in [2.45, 2.75) is 64.7 Å². The predicted molar refractivity (Wildman–Crippen MR) is 63.4 cm³/mol. The van der Waals surface area contributed by atoms with Crippen molar-refractivity contribution >= 4 is 0 Å². The van der Waals surface area contributed by atoms with Gasteiger partial charge in [-0.1, -0.05) is 58.8 Å². The smallest absolute Gasteiger partial charge is 0.0466 e. The number of ether oxygens (including phenoxy) is 1. The molecule has 1 heteroatoms. The van der Waals surface area contributed by atoms with E-state index in [1.807, 2.05) is 0 Å². The Morgan fingerprint density at radius 3 is 1.93 bits per heavy atom. The Hall–Kier alpha value is -0.0400. The fraction of sp³-hybridized carbons (Fsp3) is 0.923. The van der Waals surface area contributed by atoms with Crippen LogP contribution in [0.3, 0.4) is 0 Å². The maximum absolute atomic E-state index is 5.37. The van der Waals surface area contributed by atoms with Gasteiger partial charge >= 0.3 is 0 Å². The molecule has 0 rings (SSSR count). The molecule has 1 radical (unpaired) electrons. The number of unbranched alkanes of at least 4 members (excludes halogenated alkanes) is 7. The number of hydrogen-bond acceptors (Lipinski definition) is 1. The van der Waals surface area contributed by atoms with Crippen LogP contribution in [-0.2, 0) is 4.74 Å². The quantitative estimate of drug-likeness (QED) is 0.449. The fourth-order valence-corrected chi connectivity index (χ4v) is 1.54. The van der Waals surface area contributed by atoms with Crippen molar-refractivity contribution in [1.82, 2.24) is 0 Å². The van der Waals surface area contributed by atoms with Crippen molar-refractivity contribution in [3.8, 4) is 0 Å². The van der Waals surface area contributed by atoms with Crippen LogP contribution < -0.4 is 0 Å². The molecule has 0 atom stereocenters. The van der Waals surface area contributed by atoms with Gasteiger partial charge in [0.15, 0.2) is 0 Å². The minimum Gasteiger partial charge on any atom is -0.381 e. The van der Waals surface area contributed by atoms with E-state index >= 15 is 0 Å². The van der Waals surface area contributed by atoms with Gasteiger partial charge in [-0.15, -0.1) is 0 Å². The molecule has 0 amide bonds. The highest BCUT2D eigenvalue weighted by atomic mass is 16.5. The van der Waals surface area contributed by atoms with Gasteiger partial charge in [0.25, 0.3) is 0 Å². The van der Waals surface area contributed by atoms with E-state index in [0.29, 0.717) is 0 Å². The number of rotatable bonds is 11. The minimum absolute atomic E-state index is 0.830. The number of hydrogen-bond donors (Lipinski definition) is 0. The van der Waals surface area contributed by atoms with E-state index in [2.05, 4.69) is 13.8 Å². The first-order chi connectivity index (χ1) is 6.91. The molecule has 0 aromatic rings. The Morgan fingerprint density at radius 1 is 0.786 bits per heavy atom. The lowest BCUT2D eigenvalue weighted by Crippen LogP contribution is -1.95. The zero-order valence-corrected chi connectivity index (χ0v) is 9.89. The largest absolute Gasteiger partial charge is 0.381 e. The summed E-state index contributed by atoms with van der Waals surface area (Å²) >= 11 is 0. The van der Waals surface area contributed by atoms with Crippen LogP contribution >= 0.6 is 0 Å². The minimum atomic E-state index is 0.830. The van der Waals surface area contributed by atoms with Crippen LogP contribution in [-0.4, -0.2) is 13.2 Å². The summed E-state index contributed by atoms with van der Waals surface area (Å²) in [6, 6.07) is 0. The van der Waals surface area contributed by atoms with E-state index in [1.54, 1.807) is 0 Å². The van der Waals surface area contributed by atoms with Gasteiger partial charge in [0.2, 0.25) is 0 Å². The van der Waals surface area contributed by atoms with Crippen LogP contribution in [0.25, 0.3) is 0 Å². The second-order valence-electron chi connectivity index (χ2n) is 3.94. The van der Waals surface area contributed by atoms with Crippen LogP contribution in [0.4, 0.5) is 0 Å². The molecular formula is C13H27O. The molecule has 14 heavy (non-hydrogen) atoms. The Kier molecular flexibility index (Phi) is 12.9. The predicted octanol–water partition coefficient (Wildman–Crippen LogP) is 4.37. The van der Waals surface area contributed by atoms with Crippen molar-refractivity contribution in [3.63, 3.8) is 0 Å². The molecule has 0 aromatic carbocycles. The zero-order valence-electron chi connectivity index (χ0n) is 9.89. The van der Waals surface area contributed by atoms with E-state index in [-0.39, 0.29) is 0 Å². The third-order valence-electron chi connectivity index (χ3n) is 2.43. The van der Waals surface area contributed by atoms with Crippen molar-refractivity contribution in [2.75, 3.05) is 13.2 Å². The SMILES string of the molecule is [CH2]CCOCCCCCCCCCC. The maximum Gasteiger partial charge on any atom is 0.0466 e. The molecule has 0 unspecified atom stereocenters. The summed E-state index contributed by atoms with van der Waals surface area (Å²) < 4.78 is 5.37. The molecule has 0 saturated heterocycles. The Labute approximate surface area is 90.2 Å². The van der Waals surface area contributed by atoms with Crippen molar-refractivity contribution in [1.29, 1.82) is 0 Å². The summed E-state index contributed by atoms with van der Waals surface area (Å²) in [4.78, 5) is 0. The van der Waals surface area contributed by atoms with Crippen LogP contribution in [0.1, 0.15) is 64.7 Å². The lowest BCUT2D eigenvalue weighted by molar-refractivity contribution is 0.134. The summed E-state index contributed by atoms with van der Waals surface area (Å²) in [6.07, 6.45) is 11.9. The lowest BCUT2D eigenvalue weighted by atomic mass is 10.1. The summed E-state index contributed by atoms with van der Waals surface area (Å²) in [7, 11) is 0. The van der Waals surface area contributed by atoms with Crippen LogP contribution in [0.15, 0.2) is 0 Å². The highest BCUT2D eigenvalue weighted by molar-refractivity contribution is 4.46. The molecule has 0 N–H and O–H groups in total. The molecule has 0 bridgehead atoms. The monoisotopic (exact) mass is 199 g/mol. The van der Waals surface area contributed by atoms with Crippen LogP contribution in [0.5, 0.6) is 0 Å². The molecule has 0 aliphatic rings. The normalized spacial score (nSPS) is 10.7. The van der Waals surface area contributed by atoms with Crippen molar-refractivity contribution in [3.05, 3.63) is 6.92 Å². The molecule has 0 aliphatic heterocycles. The average Bonchev–Trinajstić information content (AvgIpc) is 2.21. The lowest BCUT2D eigenvalue weighted by Gasteiger charge is -2.02. The molecule has 0 aromatic heterocycles. The first kappa shape index (κ1) is 14.0. The molecule has 0 heterocycles. The molecular weight excluding hydrogens is 172 g/mol. The highest BCUT2D eigenvalue weighted by Gasteiger charge is 1.91. The van der Waals surface area contributed by atoms with Gasteiger partial charge < -0.3 is 4.74 Å². The highest BCUT2D eigenvalue weighted by Crippen LogP contribution is 2.08. The fourth-order valence-electron chi connectivity index (χ4n) is 1.54. The summed E-state index contributed by atoms with van der Waals surface area (Å²) in [6.45, 7) is 7.77. The Morgan fingerprint density at radius 2 is 1.36 bits per heavy atom. The van der Waals surface area contributed by atoms with Crippen LogP contribution in [0, 0.1) is 6.92 Å². The molecule has 0 saturated carbocycles. The van der Waals surface area contributed by atoms with Gasteiger partial charge in [0.05, 0.1) is 0 Å². The zero-order chi connectivity index (χ0) is 10.5. The second-order valence-corrected chi connectivity index (χ2v) is 3.94. The van der Waals surface area contributed by atoms with Gasteiger partial charge in [0, 0.05) is 13.2 Å². The summed E-state index contributed by atoms with van der Waals surface area (Å²) in [5.74, 6) is 0. The maximum atomic E-state index is 5.37. The molecule has 0 fully saturated rings. The molecule has 85 valence electrons. The molecule has 1 nitrogen and oxygen atoms in total. The van der Waals surface area contributed by atoms with Gasteiger partial charge in [-0.25, -0.2) is 0 Å².